The van der Waals surface area contributed by atoms with Crippen LogP contribution in [0.4, 0.5) is 0 Å². The Labute approximate surface area is 127 Å². The van der Waals surface area contributed by atoms with Gasteiger partial charge in [0, 0.05) is 11.9 Å². The third-order valence-corrected chi connectivity index (χ3v) is 3.25. The average molecular weight is 294 g/mol. The van der Waals surface area contributed by atoms with Crippen LogP contribution in [0.2, 0.25) is 0 Å². The van der Waals surface area contributed by atoms with E-state index in [-0.39, 0.29) is 5.11 Å². The first kappa shape index (κ1) is 13.3. The Bertz CT molecular complexity index is 820. The Hall–Kier alpha value is -2.66. The molecule has 0 aliphatic carbocycles. The number of nitrogens with one attached hydrogen (secondary N) is 1. The second kappa shape index (κ2) is 5.76. The highest BCUT2D eigenvalue weighted by Crippen LogP contribution is 2.19. The molecule has 0 bridgehead atoms. The SMILES string of the molecule is NC(=S)N/N=C/c1cccn1-c1ccc2ccccc2c1. The quantitative estimate of drug-likeness (QED) is 0.444. The van der Waals surface area contributed by atoms with Gasteiger partial charge in [0.2, 0.25) is 0 Å². The summed E-state index contributed by atoms with van der Waals surface area (Å²) in [6, 6.07) is 18.6. The minimum Gasteiger partial charge on any atom is -0.375 e. The Morgan fingerprint density at radius 2 is 1.90 bits per heavy atom. The number of hydrogen-bond acceptors (Lipinski definition) is 2. The lowest BCUT2D eigenvalue weighted by Gasteiger charge is -2.08. The third kappa shape index (κ3) is 2.93. The normalized spacial score (nSPS) is 11.0. The van der Waals surface area contributed by atoms with Crippen molar-refractivity contribution in [2.45, 2.75) is 0 Å². The van der Waals surface area contributed by atoms with Crippen LogP contribution in [0.15, 0.2) is 65.9 Å². The van der Waals surface area contributed by atoms with Gasteiger partial charge in [-0.1, -0.05) is 30.3 Å². The molecule has 0 spiro atoms. The van der Waals surface area contributed by atoms with E-state index in [1.165, 1.54) is 10.8 Å². The second-order valence-electron chi connectivity index (χ2n) is 4.57. The average Bonchev–Trinajstić information content (AvgIpc) is 2.95. The maximum Gasteiger partial charge on any atom is 0.184 e. The van der Waals surface area contributed by atoms with Gasteiger partial charge < -0.3 is 10.3 Å². The summed E-state index contributed by atoms with van der Waals surface area (Å²) >= 11 is 4.72. The summed E-state index contributed by atoms with van der Waals surface area (Å²) in [4.78, 5) is 0. The summed E-state index contributed by atoms with van der Waals surface area (Å²) in [7, 11) is 0. The highest BCUT2D eigenvalue weighted by atomic mass is 32.1. The fraction of sp³-hybridized carbons (Fsp3) is 0. The summed E-state index contributed by atoms with van der Waals surface area (Å²) in [5.41, 5.74) is 9.92. The summed E-state index contributed by atoms with van der Waals surface area (Å²) < 4.78 is 2.05. The molecular formula is C16H14N4S. The molecule has 3 rings (SSSR count). The number of nitrogens with zero attached hydrogens (tertiary/aromatic N) is 2. The summed E-state index contributed by atoms with van der Waals surface area (Å²) in [5.74, 6) is 0. The lowest BCUT2D eigenvalue weighted by atomic mass is 10.1. The van der Waals surface area contributed by atoms with Crippen molar-refractivity contribution in [1.82, 2.24) is 9.99 Å². The molecule has 0 atom stereocenters. The molecule has 0 saturated carbocycles. The Kier molecular flexibility index (Phi) is 3.66. The van der Waals surface area contributed by atoms with Crippen LogP contribution >= 0.6 is 12.2 Å². The predicted molar refractivity (Wildman–Crippen MR) is 90.8 cm³/mol. The molecule has 5 heteroatoms. The lowest BCUT2D eigenvalue weighted by molar-refractivity contribution is 1.02. The van der Waals surface area contributed by atoms with E-state index in [1.807, 2.05) is 30.5 Å². The lowest BCUT2D eigenvalue weighted by Crippen LogP contribution is -2.24. The summed E-state index contributed by atoms with van der Waals surface area (Å²) in [5, 5.41) is 6.57. The van der Waals surface area contributed by atoms with E-state index < -0.39 is 0 Å². The fourth-order valence-electron chi connectivity index (χ4n) is 2.22. The molecule has 0 unspecified atom stereocenters. The maximum atomic E-state index is 5.34. The van der Waals surface area contributed by atoms with Crippen LogP contribution in [0.25, 0.3) is 16.5 Å². The first-order chi connectivity index (χ1) is 10.2. The third-order valence-electron chi connectivity index (χ3n) is 3.16. The number of hydrazone groups is 1. The van der Waals surface area contributed by atoms with Crippen molar-refractivity contribution in [3.05, 3.63) is 66.5 Å². The second-order valence-corrected chi connectivity index (χ2v) is 5.01. The van der Waals surface area contributed by atoms with Crippen molar-refractivity contribution in [2.24, 2.45) is 10.8 Å². The Balaban J connectivity index is 1.97. The van der Waals surface area contributed by atoms with Gasteiger partial charge in [0.25, 0.3) is 0 Å². The van der Waals surface area contributed by atoms with Gasteiger partial charge >= 0.3 is 0 Å². The summed E-state index contributed by atoms with van der Waals surface area (Å²) in [6.07, 6.45) is 3.68. The van der Waals surface area contributed by atoms with Crippen LogP contribution in [-0.2, 0) is 0 Å². The van der Waals surface area contributed by atoms with Crippen LogP contribution in [0.5, 0.6) is 0 Å². The van der Waals surface area contributed by atoms with E-state index in [4.69, 9.17) is 18.0 Å². The van der Waals surface area contributed by atoms with E-state index in [0.717, 1.165) is 11.4 Å². The van der Waals surface area contributed by atoms with Gasteiger partial charge in [-0.25, -0.2) is 0 Å². The van der Waals surface area contributed by atoms with Crippen LogP contribution in [0, 0.1) is 0 Å². The number of rotatable bonds is 3. The monoisotopic (exact) mass is 294 g/mol. The Morgan fingerprint density at radius 3 is 2.71 bits per heavy atom. The molecule has 1 aromatic heterocycles. The molecule has 0 saturated heterocycles. The zero-order chi connectivity index (χ0) is 14.7. The van der Waals surface area contributed by atoms with Crippen LogP contribution in [0.3, 0.4) is 0 Å². The number of benzene rings is 2. The summed E-state index contributed by atoms with van der Waals surface area (Å²) in [6.45, 7) is 0. The van der Waals surface area contributed by atoms with E-state index >= 15 is 0 Å². The number of nitrogens with two attached hydrogens (primary N) is 1. The van der Waals surface area contributed by atoms with Crippen molar-refractivity contribution < 1.29 is 0 Å². The van der Waals surface area contributed by atoms with Gasteiger partial charge in [-0.05, 0) is 47.3 Å². The first-order valence-corrected chi connectivity index (χ1v) is 6.90. The largest absolute Gasteiger partial charge is 0.375 e. The van der Waals surface area contributed by atoms with Crippen molar-refractivity contribution in [2.75, 3.05) is 0 Å². The Morgan fingerprint density at radius 1 is 1.10 bits per heavy atom. The number of hydrogen-bond donors (Lipinski definition) is 2. The van der Waals surface area contributed by atoms with E-state index in [1.54, 1.807) is 6.21 Å². The first-order valence-electron chi connectivity index (χ1n) is 6.49. The van der Waals surface area contributed by atoms with E-state index in [9.17, 15) is 0 Å². The van der Waals surface area contributed by atoms with Crippen LogP contribution in [0.1, 0.15) is 5.69 Å². The van der Waals surface area contributed by atoms with Gasteiger partial charge in [0.05, 0.1) is 11.9 Å². The topological polar surface area (TPSA) is 55.3 Å². The maximum absolute atomic E-state index is 5.34. The molecule has 3 aromatic rings. The molecule has 1 heterocycles. The smallest absolute Gasteiger partial charge is 0.184 e. The van der Waals surface area contributed by atoms with Gasteiger partial charge in [0.1, 0.15) is 0 Å². The zero-order valence-electron chi connectivity index (χ0n) is 11.2. The van der Waals surface area contributed by atoms with Gasteiger partial charge in [0.15, 0.2) is 5.11 Å². The molecule has 21 heavy (non-hydrogen) atoms. The van der Waals surface area contributed by atoms with Crippen LogP contribution in [-0.4, -0.2) is 15.9 Å². The van der Waals surface area contributed by atoms with E-state index in [2.05, 4.69) is 45.4 Å². The highest BCUT2D eigenvalue weighted by Gasteiger charge is 2.02. The van der Waals surface area contributed by atoms with Crippen molar-refractivity contribution in [1.29, 1.82) is 0 Å². The van der Waals surface area contributed by atoms with Crippen molar-refractivity contribution >= 4 is 34.3 Å². The minimum atomic E-state index is 0.148. The molecule has 0 aliphatic rings. The molecule has 3 N–H and O–H groups in total. The molecule has 0 radical (unpaired) electrons. The molecule has 4 nitrogen and oxygen atoms in total. The molecule has 0 aliphatic heterocycles. The molecular weight excluding hydrogens is 280 g/mol. The van der Waals surface area contributed by atoms with Gasteiger partial charge in [-0.2, -0.15) is 5.10 Å². The van der Waals surface area contributed by atoms with Gasteiger partial charge in [-0.3, -0.25) is 5.43 Å². The standard InChI is InChI=1S/C16H14N4S/c17-16(21)19-18-11-15-6-3-9-20(15)14-8-7-12-4-1-2-5-13(12)10-14/h1-11H,(H3,17,19,21)/b18-11+. The number of aromatic nitrogens is 1. The fourth-order valence-corrected chi connectivity index (χ4v) is 2.28. The zero-order valence-corrected chi connectivity index (χ0v) is 12.0. The highest BCUT2D eigenvalue weighted by molar-refractivity contribution is 7.80. The molecule has 2 aromatic carbocycles. The molecule has 104 valence electrons. The van der Waals surface area contributed by atoms with Gasteiger partial charge in [-0.15, -0.1) is 0 Å². The van der Waals surface area contributed by atoms with Crippen molar-refractivity contribution in [3.63, 3.8) is 0 Å². The molecule has 0 fully saturated rings. The minimum absolute atomic E-state index is 0.148. The molecule has 0 amide bonds. The predicted octanol–water partition coefficient (Wildman–Crippen LogP) is 2.80. The van der Waals surface area contributed by atoms with Crippen molar-refractivity contribution in [3.8, 4) is 5.69 Å². The van der Waals surface area contributed by atoms with Crippen LogP contribution < -0.4 is 11.2 Å². The number of fused-ring (bicyclic) bond motifs is 1. The number of thiocarbonyl (C=S) groups is 1. The van der Waals surface area contributed by atoms with E-state index in [0.29, 0.717) is 0 Å².